The molecule has 0 spiro atoms. The molecule has 0 amide bonds. The fraction of sp³-hybridized carbons (Fsp3) is 0.294. The van der Waals surface area contributed by atoms with Gasteiger partial charge in [0.25, 0.3) is 0 Å². The van der Waals surface area contributed by atoms with Gasteiger partial charge in [0, 0.05) is 12.2 Å². The molecule has 0 bridgehead atoms. The van der Waals surface area contributed by atoms with Crippen LogP contribution in [-0.2, 0) is 13.0 Å². The molecular formula is C17H20BrNO. The second-order valence-electron chi connectivity index (χ2n) is 4.56. The Balaban J connectivity index is 2.05. The van der Waals surface area contributed by atoms with E-state index in [9.17, 15) is 0 Å². The molecule has 3 heteroatoms. The minimum Gasteiger partial charge on any atom is -0.493 e. The molecule has 0 saturated heterocycles. The summed E-state index contributed by atoms with van der Waals surface area (Å²) in [7, 11) is 0. The molecule has 1 N–H and O–H groups in total. The molecule has 0 saturated carbocycles. The number of hydrogen-bond donors (Lipinski definition) is 1. The molecule has 0 heterocycles. The van der Waals surface area contributed by atoms with Crippen molar-refractivity contribution in [1.29, 1.82) is 0 Å². The highest BCUT2D eigenvalue weighted by Gasteiger charge is 2.03. The molecule has 2 nitrogen and oxygen atoms in total. The standard InChI is InChI=1S/C17H20BrNO/c1-3-14-7-5-6-8-16(14)19-12-13-9-10-17(20-4-2)15(18)11-13/h5-11,19H,3-4,12H2,1-2H3. The van der Waals surface area contributed by atoms with E-state index in [1.54, 1.807) is 0 Å². The number of benzene rings is 2. The van der Waals surface area contributed by atoms with E-state index in [1.165, 1.54) is 16.8 Å². The van der Waals surface area contributed by atoms with Gasteiger partial charge in [0.1, 0.15) is 5.75 Å². The van der Waals surface area contributed by atoms with Gasteiger partial charge in [0.05, 0.1) is 11.1 Å². The summed E-state index contributed by atoms with van der Waals surface area (Å²) in [5, 5.41) is 3.50. The molecule has 2 aromatic carbocycles. The molecule has 0 aliphatic carbocycles. The second kappa shape index (κ2) is 7.34. The lowest BCUT2D eigenvalue weighted by Gasteiger charge is -2.12. The van der Waals surface area contributed by atoms with Crippen LogP contribution in [0.3, 0.4) is 0 Å². The molecular weight excluding hydrogens is 314 g/mol. The van der Waals surface area contributed by atoms with E-state index >= 15 is 0 Å². The van der Waals surface area contributed by atoms with E-state index < -0.39 is 0 Å². The number of nitrogens with one attached hydrogen (secondary N) is 1. The van der Waals surface area contributed by atoms with Crippen LogP contribution in [0, 0.1) is 0 Å². The maximum Gasteiger partial charge on any atom is 0.133 e. The van der Waals surface area contributed by atoms with Crippen LogP contribution >= 0.6 is 15.9 Å². The fourth-order valence-corrected chi connectivity index (χ4v) is 2.67. The Kier molecular flexibility index (Phi) is 5.48. The Morgan fingerprint density at radius 3 is 2.60 bits per heavy atom. The van der Waals surface area contributed by atoms with Crippen LogP contribution in [0.25, 0.3) is 0 Å². The van der Waals surface area contributed by atoms with Gasteiger partial charge in [-0.3, -0.25) is 0 Å². The lowest BCUT2D eigenvalue weighted by Crippen LogP contribution is -2.02. The summed E-state index contributed by atoms with van der Waals surface area (Å²) in [5.74, 6) is 0.894. The first-order chi connectivity index (χ1) is 9.74. The average molecular weight is 334 g/mol. The summed E-state index contributed by atoms with van der Waals surface area (Å²) in [5.41, 5.74) is 3.78. The predicted molar refractivity (Wildman–Crippen MR) is 88.5 cm³/mol. The topological polar surface area (TPSA) is 21.3 Å². The second-order valence-corrected chi connectivity index (χ2v) is 5.42. The van der Waals surface area contributed by atoms with Crippen LogP contribution in [0.4, 0.5) is 5.69 Å². The van der Waals surface area contributed by atoms with Gasteiger partial charge in [0.2, 0.25) is 0 Å². The lowest BCUT2D eigenvalue weighted by molar-refractivity contribution is 0.338. The summed E-state index contributed by atoms with van der Waals surface area (Å²) >= 11 is 3.55. The van der Waals surface area contributed by atoms with E-state index in [-0.39, 0.29) is 0 Å². The van der Waals surface area contributed by atoms with Crippen LogP contribution in [0.15, 0.2) is 46.9 Å². The first-order valence-electron chi connectivity index (χ1n) is 6.97. The molecule has 0 fully saturated rings. The van der Waals surface area contributed by atoms with Crippen molar-refractivity contribution >= 4 is 21.6 Å². The average Bonchev–Trinajstić information content (AvgIpc) is 2.48. The summed E-state index contributed by atoms with van der Waals surface area (Å²) < 4.78 is 6.53. The summed E-state index contributed by atoms with van der Waals surface area (Å²) in [4.78, 5) is 0. The number of hydrogen-bond acceptors (Lipinski definition) is 2. The van der Waals surface area contributed by atoms with E-state index in [1.807, 2.05) is 13.0 Å². The number of rotatable bonds is 6. The van der Waals surface area contributed by atoms with Gasteiger partial charge in [-0.15, -0.1) is 0 Å². The molecule has 0 aromatic heterocycles. The number of ether oxygens (including phenoxy) is 1. The van der Waals surface area contributed by atoms with Crippen LogP contribution < -0.4 is 10.1 Å². The van der Waals surface area contributed by atoms with Gasteiger partial charge >= 0.3 is 0 Å². The number of aryl methyl sites for hydroxylation is 1. The SMILES string of the molecule is CCOc1ccc(CNc2ccccc2CC)cc1Br. The summed E-state index contributed by atoms with van der Waals surface area (Å²) in [6.07, 6.45) is 1.04. The van der Waals surface area contributed by atoms with Crippen molar-refractivity contribution in [2.24, 2.45) is 0 Å². The summed E-state index contributed by atoms with van der Waals surface area (Å²) in [6.45, 7) is 5.65. The molecule has 2 rings (SSSR count). The van der Waals surface area contributed by atoms with E-state index in [4.69, 9.17) is 4.74 Å². The van der Waals surface area contributed by atoms with Gasteiger partial charge in [-0.2, -0.15) is 0 Å². The summed E-state index contributed by atoms with van der Waals surface area (Å²) in [6, 6.07) is 14.6. The largest absolute Gasteiger partial charge is 0.493 e. The highest BCUT2D eigenvalue weighted by Crippen LogP contribution is 2.26. The Bertz CT molecular complexity index is 569. The third-order valence-electron chi connectivity index (χ3n) is 3.18. The van der Waals surface area contributed by atoms with E-state index in [0.717, 1.165) is 23.2 Å². The van der Waals surface area contributed by atoms with Gasteiger partial charge < -0.3 is 10.1 Å². The van der Waals surface area contributed by atoms with Crippen LogP contribution in [0.5, 0.6) is 5.75 Å². The Morgan fingerprint density at radius 2 is 1.90 bits per heavy atom. The molecule has 20 heavy (non-hydrogen) atoms. The molecule has 0 radical (unpaired) electrons. The molecule has 0 aliphatic heterocycles. The Hall–Kier alpha value is -1.48. The van der Waals surface area contributed by atoms with Gasteiger partial charge in [-0.25, -0.2) is 0 Å². The third kappa shape index (κ3) is 3.76. The first-order valence-corrected chi connectivity index (χ1v) is 7.77. The molecule has 2 aromatic rings. The highest BCUT2D eigenvalue weighted by atomic mass is 79.9. The monoisotopic (exact) mass is 333 g/mol. The fourth-order valence-electron chi connectivity index (χ4n) is 2.13. The maximum absolute atomic E-state index is 5.52. The Morgan fingerprint density at radius 1 is 1.10 bits per heavy atom. The van der Waals surface area contributed by atoms with Crippen molar-refractivity contribution in [2.45, 2.75) is 26.8 Å². The zero-order chi connectivity index (χ0) is 14.4. The minimum absolute atomic E-state index is 0.681. The zero-order valence-corrected chi connectivity index (χ0v) is 13.5. The first kappa shape index (κ1) is 14.9. The van der Waals surface area contributed by atoms with Crippen molar-refractivity contribution in [3.8, 4) is 5.75 Å². The van der Waals surface area contributed by atoms with Crippen molar-refractivity contribution in [3.05, 3.63) is 58.1 Å². The van der Waals surface area contributed by atoms with E-state index in [2.05, 4.69) is 64.6 Å². The quantitative estimate of drug-likeness (QED) is 0.801. The third-order valence-corrected chi connectivity index (χ3v) is 3.80. The van der Waals surface area contributed by atoms with Gasteiger partial charge in [0.15, 0.2) is 0 Å². The van der Waals surface area contributed by atoms with Crippen LogP contribution in [-0.4, -0.2) is 6.61 Å². The highest BCUT2D eigenvalue weighted by molar-refractivity contribution is 9.10. The number of halogens is 1. The molecule has 0 aliphatic rings. The molecule has 106 valence electrons. The van der Waals surface area contributed by atoms with Crippen LogP contribution in [0.1, 0.15) is 25.0 Å². The van der Waals surface area contributed by atoms with E-state index in [0.29, 0.717) is 6.61 Å². The number of anilines is 1. The Labute approximate surface area is 129 Å². The smallest absolute Gasteiger partial charge is 0.133 e. The normalized spacial score (nSPS) is 10.3. The van der Waals surface area contributed by atoms with Crippen LogP contribution in [0.2, 0.25) is 0 Å². The minimum atomic E-state index is 0.681. The predicted octanol–water partition coefficient (Wildman–Crippen LogP) is 5.02. The van der Waals surface area contributed by atoms with Crippen molar-refractivity contribution in [3.63, 3.8) is 0 Å². The van der Waals surface area contributed by atoms with Crippen molar-refractivity contribution in [1.82, 2.24) is 0 Å². The maximum atomic E-state index is 5.52. The zero-order valence-electron chi connectivity index (χ0n) is 11.9. The molecule has 0 atom stereocenters. The van der Waals surface area contributed by atoms with Crippen molar-refractivity contribution < 1.29 is 4.74 Å². The van der Waals surface area contributed by atoms with Gasteiger partial charge in [-0.1, -0.05) is 31.2 Å². The number of para-hydroxylation sites is 1. The molecule has 0 unspecified atom stereocenters. The van der Waals surface area contributed by atoms with Crippen molar-refractivity contribution in [2.75, 3.05) is 11.9 Å². The lowest BCUT2D eigenvalue weighted by atomic mass is 10.1. The van der Waals surface area contributed by atoms with Gasteiger partial charge in [-0.05, 0) is 58.6 Å².